The van der Waals surface area contributed by atoms with E-state index in [1.807, 2.05) is 31.2 Å². The van der Waals surface area contributed by atoms with Crippen LogP contribution in [0.4, 0.5) is 0 Å². The summed E-state index contributed by atoms with van der Waals surface area (Å²) in [6.07, 6.45) is 1.15. The molecular formula is C16H20O3. The van der Waals surface area contributed by atoms with Gasteiger partial charge in [-0.1, -0.05) is 25.0 Å². The molecule has 0 aliphatic carbocycles. The van der Waals surface area contributed by atoms with Crippen LogP contribution in [0.3, 0.4) is 0 Å². The van der Waals surface area contributed by atoms with Crippen molar-refractivity contribution in [2.24, 2.45) is 0 Å². The maximum atomic E-state index is 10.8. The predicted molar refractivity (Wildman–Crippen MR) is 75.3 cm³/mol. The summed E-state index contributed by atoms with van der Waals surface area (Å²) in [5.41, 5.74) is 0.910. The summed E-state index contributed by atoms with van der Waals surface area (Å²) in [6.45, 7) is 5.80. The maximum absolute atomic E-state index is 10.8. The summed E-state index contributed by atoms with van der Waals surface area (Å²) in [5, 5.41) is 8.88. The first-order valence-corrected chi connectivity index (χ1v) is 6.47. The number of carboxylic acid groups (broad SMARTS) is 1. The molecule has 0 amide bonds. The summed E-state index contributed by atoms with van der Waals surface area (Å²) < 4.78 is 5.69. The number of hydrogen-bond donors (Lipinski definition) is 1. The van der Waals surface area contributed by atoms with E-state index in [2.05, 4.69) is 18.8 Å². The minimum absolute atomic E-state index is 0.0202. The van der Waals surface area contributed by atoms with E-state index in [0.29, 0.717) is 0 Å². The van der Waals surface area contributed by atoms with Crippen molar-refractivity contribution in [2.75, 3.05) is 0 Å². The number of carboxylic acids is 1. The second-order valence-electron chi connectivity index (χ2n) is 4.45. The van der Waals surface area contributed by atoms with E-state index >= 15 is 0 Å². The molecule has 0 aromatic heterocycles. The third-order valence-electron chi connectivity index (χ3n) is 2.89. The second-order valence-corrected chi connectivity index (χ2v) is 4.45. The van der Waals surface area contributed by atoms with Crippen molar-refractivity contribution in [3.8, 4) is 17.6 Å². The highest BCUT2D eigenvalue weighted by Crippen LogP contribution is 2.22. The summed E-state index contributed by atoms with van der Waals surface area (Å²) in [5.74, 6) is 5.41. The Morgan fingerprint density at radius 2 is 2.00 bits per heavy atom. The van der Waals surface area contributed by atoms with Gasteiger partial charge in [0.15, 0.2) is 0 Å². The van der Waals surface area contributed by atoms with Gasteiger partial charge in [0.2, 0.25) is 0 Å². The molecule has 0 fully saturated rings. The van der Waals surface area contributed by atoms with Crippen LogP contribution in [0, 0.1) is 11.8 Å². The number of ether oxygens (including phenoxy) is 1. The van der Waals surface area contributed by atoms with Gasteiger partial charge in [0, 0.05) is 0 Å². The molecular weight excluding hydrogens is 240 g/mol. The van der Waals surface area contributed by atoms with E-state index in [1.165, 1.54) is 0 Å². The standard InChI is InChI=1S/C16H20O3/c1-4-6-14(11-16(17)18)13-7-9-15(10-8-13)19-12(3)5-2/h7-10,12,14H,5,11H2,1-3H3,(H,17,18)/t12-,14-/m1/s1. The predicted octanol–water partition coefficient (Wildman–Crippen LogP) is 3.45. The third-order valence-corrected chi connectivity index (χ3v) is 2.89. The van der Waals surface area contributed by atoms with E-state index in [9.17, 15) is 4.79 Å². The lowest BCUT2D eigenvalue weighted by atomic mass is 9.96. The lowest BCUT2D eigenvalue weighted by molar-refractivity contribution is -0.137. The Morgan fingerprint density at radius 3 is 2.47 bits per heavy atom. The van der Waals surface area contributed by atoms with Crippen molar-refractivity contribution < 1.29 is 14.6 Å². The third kappa shape index (κ3) is 5.05. The largest absolute Gasteiger partial charge is 0.491 e. The Hall–Kier alpha value is -1.95. The molecule has 1 aromatic rings. The van der Waals surface area contributed by atoms with Gasteiger partial charge in [0.05, 0.1) is 18.4 Å². The first kappa shape index (κ1) is 15.1. The Labute approximate surface area is 114 Å². The lowest BCUT2D eigenvalue weighted by Gasteiger charge is -2.14. The average Bonchev–Trinajstić information content (AvgIpc) is 2.38. The van der Waals surface area contributed by atoms with Crippen LogP contribution in [0.1, 0.15) is 45.1 Å². The van der Waals surface area contributed by atoms with Crippen LogP contribution in [0.15, 0.2) is 24.3 Å². The average molecular weight is 260 g/mol. The van der Waals surface area contributed by atoms with Crippen LogP contribution < -0.4 is 4.74 Å². The van der Waals surface area contributed by atoms with Crippen LogP contribution in [0.5, 0.6) is 5.75 Å². The monoisotopic (exact) mass is 260 g/mol. The van der Waals surface area contributed by atoms with Crippen LogP contribution in [-0.2, 0) is 4.79 Å². The number of carbonyl (C=O) groups is 1. The molecule has 2 atom stereocenters. The molecule has 3 heteroatoms. The van der Waals surface area contributed by atoms with E-state index in [0.717, 1.165) is 17.7 Å². The van der Waals surface area contributed by atoms with Crippen molar-refractivity contribution in [3.05, 3.63) is 29.8 Å². The molecule has 0 radical (unpaired) electrons. The Bertz CT molecular complexity index is 465. The quantitative estimate of drug-likeness (QED) is 0.797. The lowest BCUT2D eigenvalue weighted by Crippen LogP contribution is -2.10. The molecule has 0 bridgehead atoms. The first-order chi connectivity index (χ1) is 9.06. The van der Waals surface area contributed by atoms with Gasteiger partial charge >= 0.3 is 5.97 Å². The Balaban J connectivity index is 2.82. The topological polar surface area (TPSA) is 46.5 Å². The van der Waals surface area contributed by atoms with Gasteiger partial charge in [-0.2, -0.15) is 0 Å². The molecule has 0 heterocycles. The van der Waals surface area contributed by atoms with Gasteiger partial charge in [-0.15, -0.1) is 5.92 Å². The molecule has 3 nitrogen and oxygen atoms in total. The van der Waals surface area contributed by atoms with Gasteiger partial charge in [0.1, 0.15) is 5.75 Å². The van der Waals surface area contributed by atoms with Crippen molar-refractivity contribution in [1.29, 1.82) is 0 Å². The number of benzene rings is 1. The Kier molecular flexibility index (Phi) is 5.95. The summed E-state index contributed by atoms with van der Waals surface area (Å²) in [6, 6.07) is 7.51. The second kappa shape index (κ2) is 7.48. The van der Waals surface area contributed by atoms with E-state index in [1.54, 1.807) is 6.92 Å². The molecule has 0 spiro atoms. The maximum Gasteiger partial charge on any atom is 0.304 e. The first-order valence-electron chi connectivity index (χ1n) is 6.47. The number of aliphatic carboxylic acids is 1. The van der Waals surface area contributed by atoms with Crippen LogP contribution in [0.2, 0.25) is 0 Å². The zero-order chi connectivity index (χ0) is 14.3. The molecule has 102 valence electrons. The smallest absolute Gasteiger partial charge is 0.304 e. The van der Waals surface area contributed by atoms with Gasteiger partial charge in [0.25, 0.3) is 0 Å². The van der Waals surface area contributed by atoms with Crippen LogP contribution in [0.25, 0.3) is 0 Å². The summed E-state index contributed by atoms with van der Waals surface area (Å²) in [7, 11) is 0. The van der Waals surface area contributed by atoms with Crippen LogP contribution in [-0.4, -0.2) is 17.2 Å². The SMILES string of the molecule is CC#C[C@H](CC(=O)O)c1ccc(O[C@H](C)CC)cc1. The van der Waals surface area contributed by atoms with Crippen molar-refractivity contribution in [1.82, 2.24) is 0 Å². The highest BCUT2D eigenvalue weighted by atomic mass is 16.5. The zero-order valence-corrected chi connectivity index (χ0v) is 11.6. The zero-order valence-electron chi connectivity index (χ0n) is 11.6. The molecule has 0 unspecified atom stereocenters. The number of rotatable bonds is 6. The van der Waals surface area contributed by atoms with Crippen LogP contribution >= 0.6 is 0 Å². The van der Waals surface area contributed by atoms with Gasteiger partial charge in [-0.05, 0) is 38.0 Å². The highest BCUT2D eigenvalue weighted by molar-refractivity contribution is 5.69. The number of hydrogen-bond acceptors (Lipinski definition) is 2. The van der Waals surface area contributed by atoms with Gasteiger partial charge < -0.3 is 9.84 Å². The normalized spacial score (nSPS) is 13.0. The molecule has 1 rings (SSSR count). The molecule has 1 N–H and O–H groups in total. The van der Waals surface area contributed by atoms with Crippen molar-refractivity contribution in [2.45, 2.75) is 45.6 Å². The molecule has 1 aromatic carbocycles. The Morgan fingerprint density at radius 1 is 1.37 bits per heavy atom. The molecule has 19 heavy (non-hydrogen) atoms. The summed E-state index contributed by atoms with van der Waals surface area (Å²) >= 11 is 0. The van der Waals surface area contributed by atoms with Crippen molar-refractivity contribution >= 4 is 5.97 Å². The highest BCUT2D eigenvalue weighted by Gasteiger charge is 2.13. The molecule has 0 aliphatic heterocycles. The fourth-order valence-electron chi connectivity index (χ4n) is 1.70. The summed E-state index contributed by atoms with van der Waals surface area (Å²) in [4.78, 5) is 10.8. The van der Waals surface area contributed by atoms with Crippen molar-refractivity contribution in [3.63, 3.8) is 0 Å². The molecule has 0 saturated carbocycles. The molecule has 0 saturated heterocycles. The fraction of sp³-hybridized carbons (Fsp3) is 0.438. The van der Waals surface area contributed by atoms with Gasteiger partial charge in [-0.25, -0.2) is 0 Å². The van der Waals surface area contributed by atoms with Gasteiger partial charge in [-0.3, -0.25) is 4.79 Å². The minimum Gasteiger partial charge on any atom is -0.491 e. The van der Waals surface area contributed by atoms with E-state index < -0.39 is 5.97 Å². The minimum atomic E-state index is -0.840. The fourth-order valence-corrected chi connectivity index (χ4v) is 1.70. The van der Waals surface area contributed by atoms with E-state index in [4.69, 9.17) is 9.84 Å². The van der Waals surface area contributed by atoms with E-state index in [-0.39, 0.29) is 18.4 Å². The molecule has 0 aliphatic rings.